The molecule has 2 aromatic carbocycles. The van der Waals surface area contributed by atoms with E-state index in [9.17, 15) is 14.9 Å². The van der Waals surface area contributed by atoms with Crippen molar-refractivity contribution in [1.82, 2.24) is 14.8 Å². The molecule has 0 saturated carbocycles. The van der Waals surface area contributed by atoms with E-state index < -0.39 is 10.8 Å². The number of amides is 1. The van der Waals surface area contributed by atoms with Gasteiger partial charge in [-0.05, 0) is 30.7 Å². The number of hydrogen-bond donors (Lipinski definition) is 1. The first-order valence-electron chi connectivity index (χ1n) is 7.07. The highest BCUT2D eigenvalue weighted by Gasteiger charge is 2.16. The number of non-ortho nitro benzene ring substituents is 1. The van der Waals surface area contributed by atoms with Gasteiger partial charge in [0.2, 0.25) is 5.95 Å². The van der Waals surface area contributed by atoms with Gasteiger partial charge in [-0.15, -0.1) is 10.2 Å². The molecule has 0 aliphatic carbocycles. The fraction of sp³-hybridized carbons (Fsp3) is 0.0625. The maximum Gasteiger partial charge on any atom is 0.270 e. The lowest BCUT2D eigenvalue weighted by atomic mass is 10.1. The van der Waals surface area contributed by atoms with E-state index in [1.807, 2.05) is 30.3 Å². The first kappa shape index (κ1) is 15.3. The molecule has 0 radical (unpaired) electrons. The van der Waals surface area contributed by atoms with E-state index in [4.69, 9.17) is 0 Å². The van der Waals surface area contributed by atoms with E-state index in [0.717, 1.165) is 5.69 Å². The van der Waals surface area contributed by atoms with E-state index in [1.54, 1.807) is 17.6 Å². The van der Waals surface area contributed by atoms with Gasteiger partial charge in [0, 0.05) is 17.7 Å². The molecule has 1 aromatic heterocycles. The first-order valence-corrected chi connectivity index (χ1v) is 7.07. The average molecular weight is 323 g/mol. The normalized spacial score (nSPS) is 10.4. The second-order valence-electron chi connectivity index (χ2n) is 5.13. The summed E-state index contributed by atoms with van der Waals surface area (Å²) in [7, 11) is 0. The largest absolute Gasteiger partial charge is 0.290 e. The molecule has 0 saturated heterocycles. The second-order valence-corrected chi connectivity index (χ2v) is 5.13. The smallest absolute Gasteiger partial charge is 0.270 e. The number of hydrogen-bond acceptors (Lipinski definition) is 5. The summed E-state index contributed by atoms with van der Waals surface area (Å²) in [5.74, 6) is -0.262. The number of nitro groups is 1. The molecule has 1 N–H and O–H groups in total. The molecule has 1 amide bonds. The standard InChI is InChI=1S/C16H13N5O3/c1-11-7-12(9-14(8-11)21(23)24)15(22)18-16-19-17-10-20(16)13-5-3-2-4-6-13/h2-10H,1H3,(H,18,19,22). The summed E-state index contributed by atoms with van der Waals surface area (Å²) in [4.78, 5) is 22.8. The number of para-hydroxylation sites is 1. The predicted octanol–water partition coefficient (Wildman–Crippen LogP) is 2.74. The Morgan fingerprint density at radius 1 is 1.21 bits per heavy atom. The Kier molecular flexibility index (Phi) is 4.02. The van der Waals surface area contributed by atoms with E-state index >= 15 is 0 Å². The highest BCUT2D eigenvalue weighted by molar-refractivity contribution is 6.04. The van der Waals surface area contributed by atoms with Crippen molar-refractivity contribution < 1.29 is 9.72 Å². The molecule has 120 valence electrons. The summed E-state index contributed by atoms with van der Waals surface area (Å²) in [6.07, 6.45) is 1.48. The number of carbonyl (C=O) groups is 1. The highest BCUT2D eigenvalue weighted by atomic mass is 16.6. The Morgan fingerprint density at radius 2 is 1.96 bits per heavy atom. The Balaban J connectivity index is 1.89. The van der Waals surface area contributed by atoms with Crippen LogP contribution in [0.15, 0.2) is 54.9 Å². The predicted molar refractivity (Wildman–Crippen MR) is 87.1 cm³/mol. The number of benzene rings is 2. The molecule has 1 heterocycles. The number of rotatable bonds is 4. The van der Waals surface area contributed by atoms with Crippen LogP contribution >= 0.6 is 0 Å². The lowest BCUT2D eigenvalue weighted by molar-refractivity contribution is -0.384. The fourth-order valence-electron chi connectivity index (χ4n) is 2.27. The third-order valence-electron chi connectivity index (χ3n) is 3.34. The topological polar surface area (TPSA) is 103 Å². The zero-order chi connectivity index (χ0) is 17.1. The van der Waals surface area contributed by atoms with Crippen LogP contribution in [0.25, 0.3) is 5.69 Å². The average Bonchev–Trinajstić information content (AvgIpc) is 3.03. The maximum atomic E-state index is 12.4. The fourth-order valence-corrected chi connectivity index (χ4v) is 2.27. The minimum atomic E-state index is -0.531. The molecule has 24 heavy (non-hydrogen) atoms. The number of nitro benzene ring substituents is 1. The van der Waals surface area contributed by atoms with Gasteiger partial charge >= 0.3 is 0 Å². The van der Waals surface area contributed by atoms with Gasteiger partial charge in [-0.1, -0.05) is 18.2 Å². The van der Waals surface area contributed by atoms with Gasteiger partial charge in [0.1, 0.15) is 6.33 Å². The Morgan fingerprint density at radius 3 is 2.67 bits per heavy atom. The number of nitrogens with one attached hydrogen (secondary N) is 1. The number of nitrogens with zero attached hydrogens (tertiary/aromatic N) is 4. The zero-order valence-corrected chi connectivity index (χ0v) is 12.7. The van der Waals surface area contributed by atoms with E-state index in [0.29, 0.717) is 5.56 Å². The molecule has 0 bridgehead atoms. The van der Waals surface area contributed by atoms with Crippen molar-refractivity contribution in [3.8, 4) is 5.69 Å². The van der Waals surface area contributed by atoms with Crippen LogP contribution in [0.3, 0.4) is 0 Å². The van der Waals surface area contributed by atoms with E-state index in [2.05, 4.69) is 15.5 Å². The molecule has 3 aromatic rings. The maximum absolute atomic E-state index is 12.4. The number of carbonyl (C=O) groups excluding carboxylic acids is 1. The number of aryl methyl sites for hydroxylation is 1. The monoisotopic (exact) mass is 323 g/mol. The summed E-state index contributed by atoms with van der Waals surface area (Å²) in [5.41, 5.74) is 1.46. The van der Waals surface area contributed by atoms with Gasteiger partial charge in [-0.3, -0.25) is 24.8 Å². The van der Waals surface area contributed by atoms with Crippen molar-refractivity contribution >= 4 is 17.5 Å². The summed E-state index contributed by atoms with van der Waals surface area (Å²) in [6.45, 7) is 1.69. The van der Waals surface area contributed by atoms with Crippen molar-refractivity contribution in [1.29, 1.82) is 0 Å². The molecule has 3 rings (SSSR count). The molecule has 8 heteroatoms. The van der Waals surface area contributed by atoms with Crippen LogP contribution < -0.4 is 5.32 Å². The van der Waals surface area contributed by atoms with Crippen LogP contribution in [0.4, 0.5) is 11.6 Å². The molecule has 0 aliphatic rings. The minimum Gasteiger partial charge on any atom is -0.290 e. The van der Waals surface area contributed by atoms with Crippen LogP contribution in [0, 0.1) is 17.0 Å². The van der Waals surface area contributed by atoms with Crippen molar-refractivity contribution in [2.24, 2.45) is 0 Å². The molecular formula is C16H13N5O3. The van der Waals surface area contributed by atoms with Crippen molar-refractivity contribution in [2.45, 2.75) is 6.92 Å². The van der Waals surface area contributed by atoms with Crippen LogP contribution in [0.1, 0.15) is 15.9 Å². The molecule has 8 nitrogen and oxygen atoms in total. The van der Waals surface area contributed by atoms with Gasteiger partial charge < -0.3 is 0 Å². The highest BCUT2D eigenvalue weighted by Crippen LogP contribution is 2.18. The second kappa shape index (κ2) is 6.29. The van der Waals surface area contributed by atoms with Crippen LogP contribution in [0.5, 0.6) is 0 Å². The van der Waals surface area contributed by atoms with Crippen LogP contribution in [-0.4, -0.2) is 25.6 Å². The summed E-state index contributed by atoms with van der Waals surface area (Å²) in [6, 6.07) is 13.5. The van der Waals surface area contributed by atoms with Gasteiger partial charge in [0.15, 0.2) is 0 Å². The van der Waals surface area contributed by atoms with Crippen LogP contribution in [0.2, 0.25) is 0 Å². The zero-order valence-electron chi connectivity index (χ0n) is 12.7. The molecule has 0 spiro atoms. The summed E-state index contributed by atoms with van der Waals surface area (Å²) < 4.78 is 1.61. The SMILES string of the molecule is Cc1cc(C(=O)Nc2nncn2-c2ccccc2)cc([N+](=O)[O-])c1. The number of aromatic nitrogens is 3. The lowest BCUT2D eigenvalue weighted by Crippen LogP contribution is -2.16. The lowest BCUT2D eigenvalue weighted by Gasteiger charge is -2.08. The quantitative estimate of drug-likeness (QED) is 0.587. The minimum absolute atomic E-state index is 0.135. The Labute approximate surface area is 136 Å². The van der Waals surface area contributed by atoms with Gasteiger partial charge in [0.25, 0.3) is 11.6 Å². The molecule has 0 aliphatic heterocycles. The summed E-state index contributed by atoms with van der Waals surface area (Å²) in [5, 5.41) is 21.2. The van der Waals surface area contributed by atoms with E-state index in [-0.39, 0.29) is 17.2 Å². The summed E-state index contributed by atoms with van der Waals surface area (Å²) >= 11 is 0. The first-order chi connectivity index (χ1) is 11.5. The third kappa shape index (κ3) is 3.12. The van der Waals surface area contributed by atoms with Crippen molar-refractivity contribution in [3.63, 3.8) is 0 Å². The Bertz CT molecular complexity index is 905. The van der Waals surface area contributed by atoms with Gasteiger partial charge in [-0.2, -0.15) is 0 Å². The number of anilines is 1. The molecule has 0 unspecified atom stereocenters. The van der Waals surface area contributed by atoms with E-state index in [1.165, 1.54) is 18.5 Å². The molecule has 0 fully saturated rings. The van der Waals surface area contributed by atoms with Gasteiger partial charge in [-0.25, -0.2) is 0 Å². The van der Waals surface area contributed by atoms with Crippen molar-refractivity contribution in [2.75, 3.05) is 5.32 Å². The van der Waals surface area contributed by atoms with Crippen molar-refractivity contribution in [3.05, 3.63) is 76.1 Å². The van der Waals surface area contributed by atoms with Crippen LogP contribution in [-0.2, 0) is 0 Å². The van der Waals surface area contributed by atoms with Gasteiger partial charge in [0.05, 0.1) is 10.6 Å². The molecule has 0 atom stereocenters. The Hall–Kier alpha value is -3.55. The third-order valence-corrected chi connectivity index (χ3v) is 3.34. The molecular weight excluding hydrogens is 310 g/mol.